The third-order valence-electron chi connectivity index (χ3n) is 3.19. The van der Waals surface area contributed by atoms with Gasteiger partial charge in [0.2, 0.25) is 0 Å². The molecule has 110 valence electrons. The molecule has 0 aliphatic rings. The smallest absolute Gasteiger partial charge is 0.255 e. The van der Waals surface area contributed by atoms with Crippen molar-refractivity contribution in [2.45, 2.75) is 6.54 Å². The van der Waals surface area contributed by atoms with Gasteiger partial charge in [0.1, 0.15) is 5.82 Å². The largest absolute Gasteiger partial charge is 0.348 e. The number of H-pyrrole nitrogens is 1. The van der Waals surface area contributed by atoms with Crippen LogP contribution in [0.4, 0.5) is 4.39 Å². The molecule has 5 nitrogen and oxygen atoms in total. The molecule has 0 saturated heterocycles. The Labute approximate surface area is 126 Å². The highest BCUT2D eigenvalue weighted by molar-refractivity contribution is 5.99. The summed E-state index contributed by atoms with van der Waals surface area (Å²) in [6.45, 7) is 0.376. The minimum Gasteiger partial charge on any atom is -0.348 e. The summed E-state index contributed by atoms with van der Waals surface area (Å²) < 4.78 is 13.0. The molecule has 0 atom stereocenters. The molecule has 0 saturated carbocycles. The Kier molecular flexibility index (Phi) is 3.91. The zero-order chi connectivity index (χ0) is 15.4. The fraction of sp³-hybridized carbons (Fsp3) is 0.0625. The van der Waals surface area contributed by atoms with E-state index < -0.39 is 0 Å². The molecule has 2 aromatic heterocycles. The molecule has 0 aliphatic carbocycles. The summed E-state index contributed by atoms with van der Waals surface area (Å²) in [5.41, 5.74) is 2.58. The highest BCUT2D eigenvalue weighted by Gasteiger charge is 2.15. The second-order valence-corrected chi connectivity index (χ2v) is 4.71. The molecule has 0 radical (unpaired) electrons. The van der Waals surface area contributed by atoms with Crippen LogP contribution in [-0.4, -0.2) is 21.1 Å². The Balaban J connectivity index is 1.76. The number of hydrogen-bond acceptors (Lipinski definition) is 3. The summed E-state index contributed by atoms with van der Waals surface area (Å²) in [6, 6.07) is 9.56. The van der Waals surface area contributed by atoms with Crippen LogP contribution >= 0.6 is 0 Å². The number of aromatic amines is 1. The van der Waals surface area contributed by atoms with Gasteiger partial charge in [-0.3, -0.25) is 14.9 Å². The number of carbonyl (C=O) groups excluding carboxylic acids is 1. The van der Waals surface area contributed by atoms with Crippen LogP contribution < -0.4 is 5.32 Å². The van der Waals surface area contributed by atoms with Gasteiger partial charge in [0.05, 0.1) is 17.5 Å². The molecule has 6 heteroatoms. The molecule has 0 aliphatic heterocycles. The van der Waals surface area contributed by atoms with E-state index in [1.165, 1.54) is 18.3 Å². The Hall–Kier alpha value is -3.02. The van der Waals surface area contributed by atoms with E-state index >= 15 is 0 Å². The summed E-state index contributed by atoms with van der Waals surface area (Å²) in [6.07, 6.45) is 4.82. The lowest BCUT2D eigenvalue weighted by Gasteiger charge is -2.06. The van der Waals surface area contributed by atoms with E-state index in [9.17, 15) is 9.18 Å². The van der Waals surface area contributed by atoms with Crippen molar-refractivity contribution in [3.63, 3.8) is 0 Å². The van der Waals surface area contributed by atoms with Gasteiger partial charge in [-0.15, -0.1) is 0 Å². The first-order valence-electron chi connectivity index (χ1n) is 6.70. The second-order valence-electron chi connectivity index (χ2n) is 4.71. The maximum atomic E-state index is 13.0. The van der Waals surface area contributed by atoms with Gasteiger partial charge in [-0.1, -0.05) is 6.07 Å². The van der Waals surface area contributed by atoms with Gasteiger partial charge < -0.3 is 5.32 Å². The maximum absolute atomic E-state index is 13.0. The van der Waals surface area contributed by atoms with Gasteiger partial charge in [0.25, 0.3) is 5.91 Å². The van der Waals surface area contributed by atoms with E-state index in [-0.39, 0.29) is 11.7 Å². The molecule has 1 amide bonds. The van der Waals surface area contributed by atoms with Crippen molar-refractivity contribution >= 4 is 5.91 Å². The first-order chi connectivity index (χ1) is 10.7. The lowest BCUT2D eigenvalue weighted by molar-refractivity contribution is 0.0951. The number of nitrogens with one attached hydrogen (secondary N) is 2. The van der Waals surface area contributed by atoms with Crippen molar-refractivity contribution in [3.05, 3.63) is 71.9 Å². The van der Waals surface area contributed by atoms with Crippen molar-refractivity contribution in [2.75, 3.05) is 0 Å². The van der Waals surface area contributed by atoms with Crippen molar-refractivity contribution in [1.29, 1.82) is 0 Å². The van der Waals surface area contributed by atoms with E-state index in [0.717, 1.165) is 5.56 Å². The average Bonchev–Trinajstić information content (AvgIpc) is 3.04. The Morgan fingerprint density at radius 2 is 2.00 bits per heavy atom. The molecule has 3 rings (SSSR count). The zero-order valence-corrected chi connectivity index (χ0v) is 11.6. The van der Waals surface area contributed by atoms with Gasteiger partial charge >= 0.3 is 0 Å². The van der Waals surface area contributed by atoms with E-state index in [1.54, 1.807) is 24.5 Å². The lowest BCUT2D eigenvalue weighted by atomic mass is 10.1. The number of halogens is 1. The predicted octanol–water partition coefficient (Wildman–Crippen LogP) is 2.54. The SMILES string of the molecule is O=C(NCc1cccnc1)c1cn[nH]c1-c1ccc(F)cc1. The molecule has 3 aromatic rings. The third kappa shape index (κ3) is 3.01. The highest BCUT2D eigenvalue weighted by Crippen LogP contribution is 2.21. The van der Waals surface area contributed by atoms with Gasteiger partial charge in [-0.05, 0) is 35.9 Å². The first kappa shape index (κ1) is 13.9. The highest BCUT2D eigenvalue weighted by atomic mass is 19.1. The van der Waals surface area contributed by atoms with Crippen molar-refractivity contribution in [3.8, 4) is 11.3 Å². The quantitative estimate of drug-likeness (QED) is 0.777. The molecule has 0 unspecified atom stereocenters. The molecule has 1 aromatic carbocycles. The zero-order valence-electron chi connectivity index (χ0n) is 11.6. The summed E-state index contributed by atoms with van der Waals surface area (Å²) in [7, 11) is 0. The number of aromatic nitrogens is 3. The monoisotopic (exact) mass is 296 g/mol. The molecule has 2 N–H and O–H groups in total. The molecule has 2 heterocycles. The first-order valence-corrected chi connectivity index (χ1v) is 6.70. The minimum atomic E-state index is -0.328. The number of amides is 1. The van der Waals surface area contributed by atoms with Crippen LogP contribution in [0, 0.1) is 5.82 Å². The van der Waals surface area contributed by atoms with E-state index in [1.807, 2.05) is 12.1 Å². The molecule has 22 heavy (non-hydrogen) atoms. The average molecular weight is 296 g/mol. The molecular weight excluding hydrogens is 283 g/mol. The molecular formula is C16H13FN4O. The minimum absolute atomic E-state index is 0.253. The van der Waals surface area contributed by atoms with Crippen LogP contribution in [0.1, 0.15) is 15.9 Å². The normalized spacial score (nSPS) is 10.4. The van der Waals surface area contributed by atoms with Crippen molar-refractivity contribution in [1.82, 2.24) is 20.5 Å². The Morgan fingerprint density at radius 3 is 2.73 bits per heavy atom. The number of carbonyl (C=O) groups is 1. The number of rotatable bonds is 4. The number of pyridine rings is 1. The Bertz CT molecular complexity index is 768. The van der Waals surface area contributed by atoms with Crippen LogP contribution in [0.5, 0.6) is 0 Å². The van der Waals surface area contributed by atoms with Gasteiger partial charge in [-0.2, -0.15) is 5.10 Å². The summed E-state index contributed by atoms with van der Waals surface area (Å²) in [4.78, 5) is 16.3. The van der Waals surface area contributed by atoms with Gasteiger partial charge in [0.15, 0.2) is 0 Å². The summed E-state index contributed by atoms with van der Waals surface area (Å²) in [5, 5.41) is 9.49. The summed E-state index contributed by atoms with van der Waals surface area (Å²) >= 11 is 0. The summed E-state index contributed by atoms with van der Waals surface area (Å²) in [5.74, 6) is -0.581. The van der Waals surface area contributed by atoms with Crippen LogP contribution in [0.2, 0.25) is 0 Å². The van der Waals surface area contributed by atoms with Crippen LogP contribution in [0.25, 0.3) is 11.3 Å². The van der Waals surface area contributed by atoms with Crippen LogP contribution in [0.15, 0.2) is 55.0 Å². The number of benzene rings is 1. The second kappa shape index (κ2) is 6.17. The van der Waals surface area contributed by atoms with Crippen LogP contribution in [-0.2, 0) is 6.54 Å². The lowest BCUT2D eigenvalue weighted by Crippen LogP contribution is -2.23. The molecule has 0 fully saturated rings. The van der Waals surface area contributed by atoms with E-state index in [0.29, 0.717) is 23.4 Å². The molecule has 0 spiro atoms. The topological polar surface area (TPSA) is 70.7 Å². The van der Waals surface area contributed by atoms with Crippen molar-refractivity contribution in [2.24, 2.45) is 0 Å². The molecule has 0 bridgehead atoms. The number of hydrogen-bond donors (Lipinski definition) is 2. The van der Waals surface area contributed by atoms with E-state index in [2.05, 4.69) is 20.5 Å². The van der Waals surface area contributed by atoms with Gasteiger partial charge in [-0.25, -0.2) is 4.39 Å². The third-order valence-corrected chi connectivity index (χ3v) is 3.19. The van der Waals surface area contributed by atoms with E-state index in [4.69, 9.17) is 0 Å². The standard InChI is InChI=1S/C16H13FN4O/c17-13-5-3-12(4-6-13)15-14(10-20-21-15)16(22)19-9-11-2-1-7-18-8-11/h1-8,10H,9H2,(H,19,22)(H,20,21). The van der Waals surface area contributed by atoms with Gasteiger partial charge in [0, 0.05) is 24.5 Å². The van der Waals surface area contributed by atoms with Crippen LogP contribution in [0.3, 0.4) is 0 Å². The maximum Gasteiger partial charge on any atom is 0.255 e. The Morgan fingerprint density at radius 1 is 1.18 bits per heavy atom. The number of nitrogens with zero attached hydrogens (tertiary/aromatic N) is 2. The fourth-order valence-corrected chi connectivity index (χ4v) is 2.08. The van der Waals surface area contributed by atoms with Crippen molar-refractivity contribution < 1.29 is 9.18 Å². The predicted molar refractivity (Wildman–Crippen MR) is 79.4 cm³/mol. The fourth-order valence-electron chi connectivity index (χ4n) is 2.08.